The summed E-state index contributed by atoms with van der Waals surface area (Å²) in [5, 5.41) is 14.4. The third kappa shape index (κ3) is 3.15. The number of aromatic nitrogens is 2. The molecular weight excluding hydrogens is 258 g/mol. The van der Waals surface area contributed by atoms with E-state index in [-0.39, 0.29) is 11.1 Å². The summed E-state index contributed by atoms with van der Waals surface area (Å²) in [6.45, 7) is 2.58. The predicted octanol–water partition coefficient (Wildman–Crippen LogP) is 1.36. The average Bonchev–Trinajstić information content (AvgIpc) is 2.79. The topological polar surface area (TPSA) is 85.2 Å². The first kappa shape index (κ1) is 13.2. The Hall–Kier alpha value is -0.240. The molecule has 1 aliphatic heterocycles. The lowest BCUT2D eigenvalue weighted by molar-refractivity contribution is 0.127. The zero-order valence-electron chi connectivity index (χ0n) is 9.70. The van der Waals surface area contributed by atoms with Crippen LogP contribution in [-0.4, -0.2) is 38.5 Å². The first-order valence-electron chi connectivity index (χ1n) is 5.67. The van der Waals surface area contributed by atoms with E-state index in [9.17, 15) is 5.11 Å². The Morgan fingerprint density at radius 2 is 2.29 bits per heavy atom. The second-order valence-electron chi connectivity index (χ2n) is 3.95. The Bertz CT molecular complexity index is 361. The van der Waals surface area contributed by atoms with Crippen molar-refractivity contribution in [3.63, 3.8) is 0 Å². The Morgan fingerprint density at radius 3 is 3.00 bits per heavy atom. The summed E-state index contributed by atoms with van der Waals surface area (Å²) in [5.74, 6) is 3.26. The molecule has 0 amide bonds. The molecule has 0 saturated carbocycles. The summed E-state index contributed by atoms with van der Waals surface area (Å²) in [5.41, 5.74) is 5.38. The molecule has 0 aliphatic carbocycles. The summed E-state index contributed by atoms with van der Waals surface area (Å²) in [4.78, 5) is 4.29. The van der Waals surface area contributed by atoms with Crippen LogP contribution in [0.2, 0.25) is 0 Å². The van der Waals surface area contributed by atoms with Crippen molar-refractivity contribution in [3.8, 4) is 0 Å². The fourth-order valence-corrected chi connectivity index (χ4v) is 4.38. The maximum absolute atomic E-state index is 9.71. The first-order chi connectivity index (χ1) is 8.22. The van der Waals surface area contributed by atoms with E-state index < -0.39 is 6.10 Å². The zero-order valence-corrected chi connectivity index (χ0v) is 11.3. The van der Waals surface area contributed by atoms with Gasteiger partial charge in [0.1, 0.15) is 6.10 Å². The fourth-order valence-electron chi connectivity index (χ4n) is 1.70. The van der Waals surface area contributed by atoms with Crippen LogP contribution >= 0.6 is 23.5 Å². The van der Waals surface area contributed by atoms with Crippen LogP contribution in [0.5, 0.6) is 0 Å². The third-order valence-electron chi connectivity index (χ3n) is 2.62. The number of rotatable bonds is 4. The van der Waals surface area contributed by atoms with Crippen molar-refractivity contribution in [2.45, 2.75) is 29.9 Å². The molecule has 2 heterocycles. The quantitative estimate of drug-likeness (QED) is 0.858. The Labute approximate surface area is 109 Å². The van der Waals surface area contributed by atoms with Gasteiger partial charge in [0.2, 0.25) is 0 Å². The molecule has 5 nitrogen and oxygen atoms in total. The molecule has 7 heteroatoms. The second kappa shape index (κ2) is 6.08. The Kier molecular flexibility index (Phi) is 4.72. The molecule has 0 bridgehead atoms. The minimum absolute atomic E-state index is 0.260. The number of nitrogens with two attached hydrogens (primary N) is 1. The molecule has 17 heavy (non-hydrogen) atoms. The smallest absolute Gasteiger partial charge is 0.255 e. The number of thioether (sulfide) groups is 2. The van der Waals surface area contributed by atoms with E-state index in [1.165, 1.54) is 5.75 Å². The Morgan fingerprint density at radius 1 is 1.53 bits per heavy atom. The summed E-state index contributed by atoms with van der Waals surface area (Å²) < 4.78 is 5.09. The number of hydrogen-bond acceptors (Lipinski definition) is 7. The average molecular weight is 275 g/mol. The van der Waals surface area contributed by atoms with Crippen LogP contribution in [-0.2, 0) is 0 Å². The van der Waals surface area contributed by atoms with Crippen molar-refractivity contribution in [1.82, 2.24) is 10.1 Å². The van der Waals surface area contributed by atoms with Crippen molar-refractivity contribution in [2.75, 3.05) is 18.1 Å². The predicted molar refractivity (Wildman–Crippen MR) is 70.0 cm³/mol. The lowest BCUT2D eigenvalue weighted by atomic mass is 10.2. The van der Waals surface area contributed by atoms with Crippen LogP contribution in [0, 0.1) is 0 Å². The summed E-state index contributed by atoms with van der Waals surface area (Å²) in [7, 11) is 0. The van der Waals surface area contributed by atoms with Gasteiger partial charge in [-0.05, 0) is 13.0 Å². The maximum Gasteiger partial charge on any atom is 0.255 e. The van der Waals surface area contributed by atoms with Gasteiger partial charge in [-0.2, -0.15) is 16.7 Å². The highest BCUT2D eigenvalue weighted by atomic mass is 32.2. The standard InChI is InChI=1S/C10H17N3O2S2/c1-6-8(17-5-4-16-6)9-12-10(15-13-9)7(14)2-3-11/h6-8,14H,2-5,11H2,1H3/t6?,7-,8?/m0/s1. The minimum atomic E-state index is -0.738. The number of nitrogens with zero attached hydrogens (tertiary/aromatic N) is 2. The van der Waals surface area contributed by atoms with Gasteiger partial charge in [-0.15, -0.1) is 11.8 Å². The number of aliphatic hydroxyl groups is 1. The highest BCUT2D eigenvalue weighted by Gasteiger charge is 2.29. The van der Waals surface area contributed by atoms with E-state index >= 15 is 0 Å². The molecule has 96 valence electrons. The van der Waals surface area contributed by atoms with Gasteiger partial charge in [0.05, 0.1) is 5.25 Å². The summed E-state index contributed by atoms with van der Waals surface area (Å²) >= 11 is 3.77. The molecule has 3 atom stereocenters. The van der Waals surface area contributed by atoms with E-state index in [0.29, 0.717) is 24.0 Å². The molecule has 0 aromatic carbocycles. The lowest BCUT2D eigenvalue weighted by Crippen LogP contribution is -2.17. The second-order valence-corrected chi connectivity index (χ2v) is 6.69. The van der Waals surface area contributed by atoms with Crippen LogP contribution in [0.1, 0.15) is 36.4 Å². The van der Waals surface area contributed by atoms with Crippen molar-refractivity contribution in [1.29, 1.82) is 0 Å². The molecule has 3 N–H and O–H groups in total. The Balaban J connectivity index is 2.06. The molecular formula is C10H17N3O2S2. The van der Waals surface area contributed by atoms with E-state index in [0.717, 1.165) is 5.75 Å². The van der Waals surface area contributed by atoms with Gasteiger partial charge in [-0.3, -0.25) is 0 Å². The normalized spacial score (nSPS) is 27.0. The van der Waals surface area contributed by atoms with E-state index in [1.54, 1.807) is 0 Å². The molecule has 1 aliphatic rings. The van der Waals surface area contributed by atoms with Gasteiger partial charge < -0.3 is 15.4 Å². The molecule has 1 fully saturated rings. The molecule has 1 aromatic rings. The molecule has 0 spiro atoms. The van der Waals surface area contributed by atoms with E-state index in [2.05, 4.69) is 17.1 Å². The summed E-state index contributed by atoms with van der Waals surface area (Å²) in [6, 6.07) is 0. The summed E-state index contributed by atoms with van der Waals surface area (Å²) in [6.07, 6.45) is -0.290. The molecule has 0 radical (unpaired) electrons. The van der Waals surface area contributed by atoms with Crippen LogP contribution < -0.4 is 5.73 Å². The third-order valence-corrected chi connectivity index (χ3v) is 5.71. The van der Waals surface area contributed by atoms with Crippen LogP contribution in [0.25, 0.3) is 0 Å². The molecule has 2 unspecified atom stereocenters. The maximum atomic E-state index is 9.71. The SMILES string of the molecule is CC1SCCSC1c1noc([C@@H](O)CCN)n1. The van der Waals surface area contributed by atoms with Crippen LogP contribution in [0.3, 0.4) is 0 Å². The van der Waals surface area contributed by atoms with E-state index in [1.807, 2.05) is 23.5 Å². The molecule has 1 saturated heterocycles. The number of hydrogen-bond donors (Lipinski definition) is 2. The van der Waals surface area contributed by atoms with Crippen LogP contribution in [0.4, 0.5) is 0 Å². The van der Waals surface area contributed by atoms with Crippen molar-refractivity contribution < 1.29 is 9.63 Å². The highest BCUT2D eigenvalue weighted by Crippen LogP contribution is 2.41. The van der Waals surface area contributed by atoms with Gasteiger partial charge in [0, 0.05) is 16.8 Å². The van der Waals surface area contributed by atoms with Gasteiger partial charge in [0.25, 0.3) is 5.89 Å². The van der Waals surface area contributed by atoms with Crippen molar-refractivity contribution in [2.24, 2.45) is 5.73 Å². The zero-order chi connectivity index (χ0) is 12.3. The van der Waals surface area contributed by atoms with Crippen molar-refractivity contribution >= 4 is 23.5 Å². The van der Waals surface area contributed by atoms with E-state index in [4.69, 9.17) is 10.3 Å². The number of aliphatic hydroxyl groups excluding tert-OH is 1. The fraction of sp³-hybridized carbons (Fsp3) is 0.800. The minimum Gasteiger partial charge on any atom is -0.383 e. The van der Waals surface area contributed by atoms with Crippen LogP contribution in [0.15, 0.2) is 4.52 Å². The van der Waals surface area contributed by atoms with Gasteiger partial charge >= 0.3 is 0 Å². The largest absolute Gasteiger partial charge is 0.383 e. The van der Waals surface area contributed by atoms with Gasteiger partial charge in [-0.25, -0.2) is 0 Å². The monoisotopic (exact) mass is 275 g/mol. The first-order valence-corrected chi connectivity index (χ1v) is 7.77. The molecule has 1 aromatic heterocycles. The highest BCUT2D eigenvalue weighted by molar-refractivity contribution is 8.06. The molecule has 2 rings (SSSR count). The van der Waals surface area contributed by atoms with Crippen molar-refractivity contribution in [3.05, 3.63) is 11.7 Å². The lowest BCUT2D eigenvalue weighted by Gasteiger charge is -2.24. The van der Waals surface area contributed by atoms with Gasteiger partial charge in [0.15, 0.2) is 5.82 Å². The van der Waals surface area contributed by atoms with Gasteiger partial charge in [-0.1, -0.05) is 12.1 Å².